The number of aromatic nitrogens is 1. The van der Waals surface area contributed by atoms with Crippen LogP contribution in [0, 0.1) is 6.92 Å². The lowest BCUT2D eigenvalue weighted by molar-refractivity contribution is -0.140. The van der Waals surface area contributed by atoms with Gasteiger partial charge < -0.3 is 15.0 Å². The summed E-state index contributed by atoms with van der Waals surface area (Å²) in [5, 5.41) is 0. The van der Waals surface area contributed by atoms with Crippen molar-refractivity contribution in [3.8, 4) is 11.1 Å². The van der Waals surface area contributed by atoms with Crippen LogP contribution in [0.5, 0.6) is 0 Å². The van der Waals surface area contributed by atoms with Gasteiger partial charge >= 0.3 is 5.97 Å². The quantitative estimate of drug-likeness (QED) is 0.577. The van der Waals surface area contributed by atoms with Crippen molar-refractivity contribution in [2.45, 2.75) is 52.5 Å². The number of nitrogens with zero attached hydrogens (tertiary/aromatic N) is 1. The van der Waals surface area contributed by atoms with E-state index in [4.69, 9.17) is 10.5 Å². The molecule has 2 rings (SSSR count). The van der Waals surface area contributed by atoms with Crippen LogP contribution in [0.4, 0.5) is 0 Å². The molecule has 1 aromatic heterocycles. The van der Waals surface area contributed by atoms with Crippen molar-refractivity contribution in [1.82, 2.24) is 4.57 Å². The summed E-state index contributed by atoms with van der Waals surface area (Å²) in [6.45, 7) is 12.7. The number of benzene rings is 1. The van der Waals surface area contributed by atoms with E-state index < -0.39 is 5.91 Å². The van der Waals surface area contributed by atoms with E-state index in [0.29, 0.717) is 18.5 Å². The molecule has 0 saturated heterocycles. The first-order chi connectivity index (χ1) is 13.1. The fourth-order valence-corrected chi connectivity index (χ4v) is 3.51. The highest BCUT2D eigenvalue weighted by Crippen LogP contribution is 2.35. The predicted octanol–water partition coefficient (Wildman–Crippen LogP) is 4.15. The number of primary amides is 1. The summed E-state index contributed by atoms with van der Waals surface area (Å²) < 4.78 is 6.80. The Morgan fingerprint density at radius 3 is 2.29 bits per heavy atom. The average Bonchev–Trinajstić information content (AvgIpc) is 2.91. The van der Waals surface area contributed by atoms with Gasteiger partial charge in [0.05, 0.1) is 19.1 Å². The van der Waals surface area contributed by atoms with E-state index in [1.165, 1.54) is 12.7 Å². The lowest BCUT2D eigenvalue weighted by Gasteiger charge is -2.19. The van der Waals surface area contributed by atoms with Gasteiger partial charge in [0.25, 0.3) is 5.91 Å². The van der Waals surface area contributed by atoms with Gasteiger partial charge in [0.2, 0.25) is 0 Å². The summed E-state index contributed by atoms with van der Waals surface area (Å²) in [4.78, 5) is 24.0. The molecule has 150 valence electrons. The molecule has 1 amide bonds. The molecule has 1 aromatic carbocycles. The van der Waals surface area contributed by atoms with Gasteiger partial charge in [0, 0.05) is 23.5 Å². The molecule has 0 atom stereocenters. The van der Waals surface area contributed by atoms with Gasteiger partial charge in [-0.2, -0.15) is 0 Å². The van der Waals surface area contributed by atoms with Crippen molar-refractivity contribution in [2.75, 3.05) is 7.11 Å². The van der Waals surface area contributed by atoms with Crippen LogP contribution in [-0.4, -0.2) is 23.6 Å². The van der Waals surface area contributed by atoms with E-state index in [2.05, 4.69) is 39.5 Å². The maximum atomic E-state index is 12.3. The number of ether oxygens (including phenoxy) is 1. The largest absolute Gasteiger partial charge is 0.469 e. The molecule has 0 aliphatic rings. The highest BCUT2D eigenvalue weighted by Gasteiger charge is 2.25. The van der Waals surface area contributed by atoms with Crippen LogP contribution in [0.1, 0.15) is 54.5 Å². The molecule has 0 saturated carbocycles. The number of esters is 1. The Kier molecular flexibility index (Phi) is 6.49. The van der Waals surface area contributed by atoms with E-state index in [1.54, 1.807) is 6.08 Å². The Labute approximate surface area is 167 Å². The number of hydrogen-bond acceptors (Lipinski definition) is 3. The zero-order chi connectivity index (χ0) is 21.1. The topological polar surface area (TPSA) is 74.3 Å². The van der Waals surface area contributed by atoms with Crippen molar-refractivity contribution in [1.29, 1.82) is 0 Å². The third-order valence-electron chi connectivity index (χ3n) is 5.02. The molecule has 5 nitrogen and oxygen atoms in total. The van der Waals surface area contributed by atoms with Gasteiger partial charge in [-0.25, -0.2) is 0 Å². The monoisotopic (exact) mass is 382 g/mol. The summed E-state index contributed by atoms with van der Waals surface area (Å²) in [7, 11) is 1.37. The molecule has 28 heavy (non-hydrogen) atoms. The maximum Gasteiger partial charge on any atom is 0.305 e. The van der Waals surface area contributed by atoms with Crippen molar-refractivity contribution < 1.29 is 14.3 Å². The Morgan fingerprint density at radius 1 is 1.21 bits per heavy atom. The number of allylic oxidation sites excluding steroid dienone is 1. The number of carbonyl (C=O) groups is 2. The molecule has 2 N–H and O–H groups in total. The van der Waals surface area contributed by atoms with Gasteiger partial charge in [-0.1, -0.05) is 51.1 Å². The molecule has 0 radical (unpaired) electrons. The van der Waals surface area contributed by atoms with E-state index in [-0.39, 0.29) is 17.8 Å². The molecule has 0 unspecified atom stereocenters. The first-order valence-corrected chi connectivity index (χ1v) is 9.42. The molecular weight excluding hydrogens is 352 g/mol. The van der Waals surface area contributed by atoms with Crippen LogP contribution in [0.25, 0.3) is 11.1 Å². The first kappa shape index (κ1) is 21.5. The number of carbonyl (C=O) groups excluding carboxylic acids is 2. The Balaban J connectivity index is 2.68. The molecule has 5 heteroatoms. The first-order valence-electron chi connectivity index (χ1n) is 9.42. The van der Waals surface area contributed by atoms with Gasteiger partial charge in [-0.3, -0.25) is 9.59 Å². The average molecular weight is 383 g/mol. The van der Waals surface area contributed by atoms with Crippen LogP contribution < -0.4 is 5.73 Å². The highest BCUT2D eigenvalue weighted by molar-refractivity contribution is 6.02. The Bertz CT molecular complexity index is 884. The smallest absolute Gasteiger partial charge is 0.305 e. The van der Waals surface area contributed by atoms with Crippen LogP contribution in [0.2, 0.25) is 0 Å². The van der Waals surface area contributed by atoms with E-state index in [9.17, 15) is 9.59 Å². The van der Waals surface area contributed by atoms with Crippen LogP contribution in [-0.2, 0) is 27.9 Å². The van der Waals surface area contributed by atoms with Gasteiger partial charge in [-0.15, -0.1) is 6.58 Å². The standard InChI is InChI=1S/C23H30N2O3/c1-7-14-25-15(2)20(22(24)27)21(18(25)12-13-19(26)28-6)16-8-10-17(11-9-16)23(3,4)5/h7-11H,1,12-14H2,2-6H3,(H2,24,27). The van der Waals surface area contributed by atoms with Crippen molar-refractivity contribution >= 4 is 11.9 Å². The third-order valence-corrected chi connectivity index (χ3v) is 5.02. The third kappa shape index (κ3) is 4.35. The summed E-state index contributed by atoms with van der Waals surface area (Å²) in [5.41, 5.74) is 10.8. The van der Waals surface area contributed by atoms with Crippen LogP contribution in [0.3, 0.4) is 0 Å². The van der Waals surface area contributed by atoms with E-state index >= 15 is 0 Å². The Hall–Kier alpha value is -2.82. The number of rotatable bonds is 7. The minimum atomic E-state index is -0.477. The highest BCUT2D eigenvalue weighted by atomic mass is 16.5. The summed E-state index contributed by atoms with van der Waals surface area (Å²) in [5.74, 6) is -0.770. The zero-order valence-corrected chi connectivity index (χ0v) is 17.5. The molecule has 2 aromatic rings. The molecular formula is C23H30N2O3. The molecule has 0 aliphatic carbocycles. The fourth-order valence-electron chi connectivity index (χ4n) is 3.51. The predicted molar refractivity (Wildman–Crippen MR) is 112 cm³/mol. The van der Waals surface area contributed by atoms with Crippen molar-refractivity contribution in [3.63, 3.8) is 0 Å². The van der Waals surface area contributed by atoms with Crippen molar-refractivity contribution in [3.05, 3.63) is 59.4 Å². The lowest BCUT2D eigenvalue weighted by Crippen LogP contribution is -2.13. The summed E-state index contributed by atoms with van der Waals surface area (Å²) in [6, 6.07) is 8.18. The van der Waals surface area contributed by atoms with Crippen molar-refractivity contribution in [2.24, 2.45) is 5.73 Å². The minimum absolute atomic E-state index is 0.0312. The summed E-state index contributed by atoms with van der Waals surface area (Å²) in [6.07, 6.45) is 2.44. The van der Waals surface area contributed by atoms with E-state index in [1.807, 2.05) is 23.6 Å². The van der Waals surface area contributed by atoms with Crippen LogP contribution in [0.15, 0.2) is 36.9 Å². The second-order valence-electron chi connectivity index (χ2n) is 7.95. The van der Waals surface area contributed by atoms with Crippen LogP contribution >= 0.6 is 0 Å². The second kappa shape index (κ2) is 8.46. The van der Waals surface area contributed by atoms with Gasteiger partial charge in [0.15, 0.2) is 0 Å². The molecule has 0 aliphatic heterocycles. The maximum absolute atomic E-state index is 12.3. The van der Waals surface area contributed by atoms with Gasteiger partial charge in [0.1, 0.15) is 0 Å². The molecule has 0 fully saturated rings. The number of amides is 1. The molecule has 0 bridgehead atoms. The minimum Gasteiger partial charge on any atom is -0.469 e. The molecule has 0 spiro atoms. The number of hydrogen-bond donors (Lipinski definition) is 1. The SMILES string of the molecule is C=CCn1c(C)c(C(N)=O)c(-c2ccc(C(C)(C)C)cc2)c1CCC(=O)OC. The second-order valence-corrected chi connectivity index (χ2v) is 7.95. The number of methoxy groups -OCH3 is 1. The lowest BCUT2D eigenvalue weighted by atomic mass is 9.86. The summed E-state index contributed by atoms with van der Waals surface area (Å²) >= 11 is 0. The normalized spacial score (nSPS) is 11.3. The zero-order valence-electron chi connectivity index (χ0n) is 17.5. The van der Waals surface area contributed by atoms with E-state index in [0.717, 1.165) is 22.5 Å². The fraction of sp³-hybridized carbons (Fsp3) is 0.391. The molecule has 1 heterocycles. The Morgan fingerprint density at radius 2 is 1.82 bits per heavy atom. The number of nitrogens with two attached hydrogens (primary N) is 1. The van der Waals surface area contributed by atoms with Gasteiger partial charge in [-0.05, 0) is 29.9 Å².